The van der Waals surface area contributed by atoms with E-state index in [-0.39, 0.29) is 22.2 Å². The Morgan fingerprint density at radius 2 is 2.10 bits per heavy atom. The molecule has 1 aromatic carbocycles. The van der Waals surface area contributed by atoms with Gasteiger partial charge in [0.05, 0.1) is 9.92 Å². The van der Waals surface area contributed by atoms with Crippen molar-refractivity contribution in [1.82, 2.24) is 4.31 Å². The van der Waals surface area contributed by atoms with Gasteiger partial charge in [-0.2, -0.15) is 13.1 Å². The van der Waals surface area contributed by atoms with Gasteiger partial charge in [0.1, 0.15) is 12.3 Å². The first-order chi connectivity index (χ1) is 9.68. The number of alkyl halides is 2. The standard InChI is InChI=1S/C11H12ClF2NO5S/c1-2-15(6-10(16)17)21(18,19)7-3-4-9(8(12)5-7)20-11(13)14/h3-5,11H,2,6H2,1H3,(H,16,17). The molecule has 0 radical (unpaired) electrons. The summed E-state index contributed by atoms with van der Waals surface area (Å²) in [6.45, 7) is -2.41. The number of likely N-dealkylation sites (N-methyl/N-ethyl adjacent to an activating group) is 1. The molecule has 1 N–H and O–H groups in total. The highest BCUT2D eigenvalue weighted by atomic mass is 35.5. The molecule has 118 valence electrons. The van der Waals surface area contributed by atoms with Crippen LogP contribution in [0, 0.1) is 0 Å². The Bertz CT molecular complexity index is 623. The third-order valence-electron chi connectivity index (χ3n) is 2.42. The Balaban J connectivity index is 3.14. The van der Waals surface area contributed by atoms with Gasteiger partial charge in [0.25, 0.3) is 0 Å². The predicted octanol–water partition coefficient (Wildman–Crippen LogP) is 2.04. The fourth-order valence-electron chi connectivity index (χ4n) is 1.50. The van der Waals surface area contributed by atoms with Crippen LogP contribution in [0.5, 0.6) is 5.75 Å². The molecule has 0 unspecified atom stereocenters. The van der Waals surface area contributed by atoms with E-state index >= 15 is 0 Å². The van der Waals surface area contributed by atoms with Gasteiger partial charge in [-0.3, -0.25) is 4.79 Å². The molecule has 0 aromatic heterocycles. The van der Waals surface area contributed by atoms with Crippen LogP contribution in [0.4, 0.5) is 8.78 Å². The van der Waals surface area contributed by atoms with E-state index in [0.29, 0.717) is 4.31 Å². The van der Waals surface area contributed by atoms with Gasteiger partial charge in [0.15, 0.2) is 0 Å². The summed E-state index contributed by atoms with van der Waals surface area (Å²) >= 11 is 5.68. The van der Waals surface area contributed by atoms with E-state index in [9.17, 15) is 22.0 Å². The fraction of sp³-hybridized carbons (Fsp3) is 0.364. The number of ether oxygens (including phenoxy) is 1. The van der Waals surface area contributed by atoms with Crippen molar-refractivity contribution in [3.63, 3.8) is 0 Å². The number of hydrogen-bond acceptors (Lipinski definition) is 4. The zero-order valence-corrected chi connectivity index (χ0v) is 12.4. The predicted molar refractivity (Wildman–Crippen MR) is 70.2 cm³/mol. The Hall–Kier alpha value is -1.45. The summed E-state index contributed by atoms with van der Waals surface area (Å²) in [5.74, 6) is -1.68. The lowest BCUT2D eigenvalue weighted by Crippen LogP contribution is -2.35. The number of hydrogen-bond donors (Lipinski definition) is 1. The number of sulfonamides is 1. The second kappa shape index (κ2) is 7.01. The van der Waals surface area contributed by atoms with E-state index in [4.69, 9.17) is 16.7 Å². The number of halogens is 3. The number of nitrogens with zero attached hydrogens (tertiary/aromatic N) is 1. The largest absolute Gasteiger partial charge is 0.480 e. The summed E-state index contributed by atoms with van der Waals surface area (Å²) in [4.78, 5) is 10.3. The zero-order chi connectivity index (χ0) is 16.2. The van der Waals surface area contributed by atoms with Gasteiger partial charge in [-0.25, -0.2) is 8.42 Å². The van der Waals surface area contributed by atoms with E-state index in [0.717, 1.165) is 18.2 Å². The maximum atomic E-state index is 12.2. The highest BCUT2D eigenvalue weighted by molar-refractivity contribution is 7.89. The average Bonchev–Trinajstić information content (AvgIpc) is 2.37. The van der Waals surface area contributed by atoms with Crippen LogP contribution in [0.25, 0.3) is 0 Å². The van der Waals surface area contributed by atoms with Crippen molar-refractivity contribution in [2.45, 2.75) is 18.4 Å². The van der Waals surface area contributed by atoms with Crippen LogP contribution in [0.2, 0.25) is 5.02 Å². The Morgan fingerprint density at radius 3 is 2.52 bits per heavy atom. The molecule has 0 heterocycles. The van der Waals surface area contributed by atoms with Crippen LogP contribution in [-0.2, 0) is 14.8 Å². The van der Waals surface area contributed by atoms with E-state index in [1.165, 1.54) is 6.92 Å². The first-order valence-corrected chi connectivity index (χ1v) is 7.46. The molecule has 6 nitrogen and oxygen atoms in total. The lowest BCUT2D eigenvalue weighted by Gasteiger charge is -2.18. The first kappa shape index (κ1) is 17.6. The maximum absolute atomic E-state index is 12.2. The Labute approximate surface area is 124 Å². The minimum absolute atomic E-state index is 0.0679. The molecular formula is C11H12ClF2NO5S. The minimum Gasteiger partial charge on any atom is -0.480 e. The third kappa shape index (κ3) is 4.51. The molecule has 0 aliphatic carbocycles. The smallest absolute Gasteiger partial charge is 0.387 e. The van der Waals surface area contributed by atoms with E-state index in [1.807, 2.05) is 0 Å². The highest BCUT2D eigenvalue weighted by Gasteiger charge is 2.26. The van der Waals surface area contributed by atoms with Crippen LogP contribution in [-0.4, -0.2) is 43.5 Å². The van der Waals surface area contributed by atoms with Crippen molar-refractivity contribution in [2.24, 2.45) is 0 Å². The van der Waals surface area contributed by atoms with Crippen LogP contribution in [0.3, 0.4) is 0 Å². The number of rotatable bonds is 7. The van der Waals surface area contributed by atoms with Crippen molar-refractivity contribution in [3.05, 3.63) is 23.2 Å². The van der Waals surface area contributed by atoms with Crippen molar-refractivity contribution in [3.8, 4) is 5.75 Å². The molecule has 0 spiro atoms. The third-order valence-corrected chi connectivity index (χ3v) is 4.63. The number of carboxylic acid groups (broad SMARTS) is 1. The summed E-state index contributed by atoms with van der Waals surface area (Å²) < 4.78 is 53.4. The van der Waals surface area contributed by atoms with Gasteiger partial charge in [-0.15, -0.1) is 0 Å². The SMILES string of the molecule is CCN(CC(=O)O)S(=O)(=O)c1ccc(OC(F)F)c(Cl)c1. The second-order valence-corrected chi connectivity index (χ2v) is 6.14. The molecule has 0 saturated carbocycles. The molecule has 1 rings (SSSR count). The van der Waals surface area contributed by atoms with Gasteiger partial charge >= 0.3 is 12.6 Å². The maximum Gasteiger partial charge on any atom is 0.387 e. The average molecular weight is 344 g/mol. The molecule has 0 saturated heterocycles. The summed E-state index contributed by atoms with van der Waals surface area (Å²) in [5, 5.41) is 8.37. The minimum atomic E-state index is -4.09. The summed E-state index contributed by atoms with van der Waals surface area (Å²) in [7, 11) is -4.09. The number of benzene rings is 1. The molecule has 0 atom stereocenters. The van der Waals surface area contributed by atoms with E-state index in [2.05, 4.69) is 4.74 Å². The summed E-state index contributed by atoms with van der Waals surface area (Å²) in [6.07, 6.45) is 0. The molecule has 0 bridgehead atoms. The first-order valence-electron chi connectivity index (χ1n) is 5.64. The molecular weight excluding hydrogens is 332 g/mol. The lowest BCUT2D eigenvalue weighted by molar-refractivity contribution is -0.137. The summed E-state index contributed by atoms with van der Waals surface area (Å²) in [5.41, 5.74) is 0. The fourth-order valence-corrected chi connectivity index (χ4v) is 3.22. The van der Waals surface area contributed by atoms with Gasteiger partial charge in [0.2, 0.25) is 10.0 Å². The topological polar surface area (TPSA) is 83.9 Å². The van der Waals surface area contributed by atoms with E-state index in [1.54, 1.807) is 0 Å². The van der Waals surface area contributed by atoms with Crippen LogP contribution in [0.1, 0.15) is 6.92 Å². The molecule has 21 heavy (non-hydrogen) atoms. The Morgan fingerprint density at radius 1 is 1.48 bits per heavy atom. The van der Waals surface area contributed by atoms with Crippen molar-refractivity contribution in [2.75, 3.05) is 13.1 Å². The summed E-state index contributed by atoms with van der Waals surface area (Å²) in [6, 6.07) is 2.93. The lowest BCUT2D eigenvalue weighted by atomic mass is 10.3. The Kier molecular flexibility index (Phi) is 5.87. The van der Waals surface area contributed by atoms with Gasteiger partial charge in [-0.05, 0) is 18.2 Å². The van der Waals surface area contributed by atoms with Crippen LogP contribution in [0.15, 0.2) is 23.1 Å². The molecule has 0 aliphatic heterocycles. The van der Waals surface area contributed by atoms with Crippen LogP contribution >= 0.6 is 11.6 Å². The number of carboxylic acids is 1. The normalized spacial score (nSPS) is 11.9. The van der Waals surface area contributed by atoms with Gasteiger partial charge in [0, 0.05) is 6.54 Å². The molecule has 0 aliphatic rings. The zero-order valence-electron chi connectivity index (χ0n) is 10.8. The number of aliphatic carboxylic acids is 1. The highest BCUT2D eigenvalue weighted by Crippen LogP contribution is 2.29. The van der Waals surface area contributed by atoms with Crippen molar-refractivity contribution < 1.29 is 31.8 Å². The monoisotopic (exact) mass is 343 g/mol. The van der Waals surface area contributed by atoms with Gasteiger partial charge in [-0.1, -0.05) is 18.5 Å². The molecule has 10 heteroatoms. The molecule has 0 fully saturated rings. The second-order valence-electron chi connectivity index (χ2n) is 3.80. The van der Waals surface area contributed by atoms with E-state index < -0.39 is 29.1 Å². The quantitative estimate of drug-likeness (QED) is 0.819. The van der Waals surface area contributed by atoms with Crippen molar-refractivity contribution >= 4 is 27.6 Å². The number of carbonyl (C=O) groups is 1. The van der Waals surface area contributed by atoms with Gasteiger partial charge < -0.3 is 9.84 Å². The van der Waals surface area contributed by atoms with Crippen LogP contribution < -0.4 is 4.74 Å². The molecule has 0 amide bonds. The van der Waals surface area contributed by atoms with Crippen molar-refractivity contribution in [1.29, 1.82) is 0 Å². The molecule has 1 aromatic rings.